The van der Waals surface area contributed by atoms with E-state index in [4.69, 9.17) is 16.3 Å². The summed E-state index contributed by atoms with van der Waals surface area (Å²) in [4.78, 5) is 23.3. The van der Waals surface area contributed by atoms with Crippen LogP contribution in [-0.2, 0) is 22.3 Å². The zero-order valence-corrected chi connectivity index (χ0v) is 13.3. The predicted molar refractivity (Wildman–Crippen MR) is 78.5 cm³/mol. The Labute approximate surface area is 142 Å². The van der Waals surface area contributed by atoms with E-state index >= 15 is 0 Å². The standard InChI is InChI=1S/C13H9ClF3N3O3S/c14-11-9(19-20-24-11)6-23-10(21)5-18-12(22)7-1-3-8(4-2-7)13(15,16)17/h1-4H,5-6H2,(H,18,22). The molecule has 2 aromatic rings. The lowest BCUT2D eigenvalue weighted by atomic mass is 10.1. The summed E-state index contributed by atoms with van der Waals surface area (Å²) in [6.45, 7) is -0.640. The smallest absolute Gasteiger partial charge is 0.416 e. The molecular formula is C13H9ClF3N3O3S. The van der Waals surface area contributed by atoms with Crippen LogP contribution in [0, 0.1) is 0 Å². The van der Waals surface area contributed by atoms with Crippen molar-refractivity contribution in [1.82, 2.24) is 14.9 Å². The van der Waals surface area contributed by atoms with E-state index < -0.39 is 30.2 Å². The molecule has 1 aromatic carbocycles. The number of hydrogen-bond donors (Lipinski definition) is 1. The number of esters is 1. The van der Waals surface area contributed by atoms with Crippen molar-refractivity contribution >= 4 is 35.0 Å². The van der Waals surface area contributed by atoms with Crippen molar-refractivity contribution < 1.29 is 27.5 Å². The Kier molecular flexibility index (Phi) is 5.73. The van der Waals surface area contributed by atoms with Crippen molar-refractivity contribution in [2.45, 2.75) is 12.8 Å². The first-order valence-corrected chi connectivity index (χ1v) is 7.50. The molecule has 0 bridgehead atoms. The van der Waals surface area contributed by atoms with Crippen LogP contribution in [0.15, 0.2) is 24.3 Å². The van der Waals surface area contributed by atoms with Crippen molar-refractivity contribution in [1.29, 1.82) is 0 Å². The molecule has 0 fully saturated rings. The second-order valence-corrected chi connectivity index (χ2v) is 5.77. The molecule has 0 saturated heterocycles. The molecule has 6 nitrogen and oxygen atoms in total. The lowest BCUT2D eigenvalue weighted by Gasteiger charge is -2.08. The summed E-state index contributed by atoms with van der Waals surface area (Å²) in [5.41, 5.74) is -0.584. The number of alkyl halides is 3. The fourth-order valence-electron chi connectivity index (χ4n) is 1.55. The van der Waals surface area contributed by atoms with E-state index in [-0.39, 0.29) is 16.5 Å². The molecule has 0 aliphatic carbocycles. The number of halogens is 4. The van der Waals surface area contributed by atoms with Gasteiger partial charge in [0, 0.05) is 17.1 Å². The summed E-state index contributed by atoms with van der Waals surface area (Å²) in [5.74, 6) is -1.45. The fraction of sp³-hybridized carbons (Fsp3) is 0.231. The maximum Gasteiger partial charge on any atom is 0.416 e. The molecule has 0 saturated carbocycles. The second kappa shape index (κ2) is 7.58. The molecule has 1 N–H and O–H groups in total. The molecule has 1 aromatic heterocycles. The molecule has 1 amide bonds. The van der Waals surface area contributed by atoms with E-state index in [0.717, 1.165) is 35.8 Å². The number of ether oxygens (including phenoxy) is 1. The van der Waals surface area contributed by atoms with Crippen LogP contribution in [0.1, 0.15) is 21.6 Å². The van der Waals surface area contributed by atoms with Gasteiger partial charge in [-0.2, -0.15) is 13.2 Å². The van der Waals surface area contributed by atoms with E-state index in [1.807, 2.05) is 0 Å². The quantitative estimate of drug-likeness (QED) is 0.808. The van der Waals surface area contributed by atoms with Crippen molar-refractivity contribution in [2.75, 3.05) is 6.54 Å². The highest BCUT2D eigenvalue weighted by atomic mass is 35.5. The van der Waals surface area contributed by atoms with Crippen LogP contribution < -0.4 is 5.32 Å². The van der Waals surface area contributed by atoms with Gasteiger partial charge < -0.3 is 10.1 Å². The molecule has 0 radical (unpaired) electrons. The zero-order chi connectivity index (χ0) is 17.7. The number of amides is 1. The highest BCUT2D eigenvalue weighted by Gasteiger charge is 2.30. The minimum Gasteiger partial charge on any atom is -0.458 e. The summed E-state index contributed by atoms with van der Waals surface area (Å²) < 4.78 is 46.0. The second-order valence-electron chi connectivity index (χ2n) is 4.41. The van der Waals surface area contributed by atoms with Gasteiger partial charge in [0.25, 0.3) is 5.91 Å². The molecular weight excluding hydrogens is 371 g/mol. The molecule has 2 rings (SSSR count). The number of nitrogens with one attached hydrogen (secondary N) is 1. The molecule has 0 spiro atoms. The van der Waals surface area contributed by atoms with Crippen molar-refractivity contribution in [3.05, 3.63) is 45.4 Å². The SMILES string of the molecule is O=C(CNC(=O)c1ccc(C(F)(F)F)cc1)OCc1nnsc1Cl. The van der Waals surface area contributed by atoms with E-state index in [1.165, 1.54) is 0 Å². The molecule has 24 heavy (non-hydrogen) atoms. The number of rotatable bonds is 5. The lowest BCUT2D eigenvalue weighted by molar-refractivity contribution is -0.143. The highest BCUT2D eigenvalue weighted by molar-refractivity contribution is 7.10. The number of benzene rings is 1. The fourth-order valence-corrected chi connectivity index (χ4v) is 2.15. The molecule has 1 heterocycles. The molecule has 0 unspecified atom stereocenters. The largest absolute Gasteiger partial charge is 0.458 e. The summed E-state index contributed by atoms with van der Waals surface area (Å²) >= 11 is 6.67. The van der Waals surface area contributed by atoms with Gasteiger partial charge in [0.15, 0.2) is 0 Å². The highest BCUT2D eigenvalue weighted by Crippen LogP contribution is 2.29. The Morgan fingerprint density at radius 2 is 1.92 bits per heavy atom. The average molecular weight is 380 g/mol. The van der Waals surface area contributed by atoms with Gasteiger partial charge in [0.05, 0.1) is 5.56 Å². The summed E-state index contributed by atoms with van der Waals surface area (Å²) in [6, 6.07) is 3.60. The first-order valence-electron chi connectivity index (χ1n) is 6.35. The average Bonchev–Trinajstić information content (AvgIpc) is 2.95. The van der Waals surface area contributed by atoms with Crippen molar-refractivity contribution in [3.8, 4) is 0 Å². The number of aromatic nitrogens is 2. The summed E-state index contributed by atoms with van der Waals surface area (Å²) in [7, 11) is 0. The monoisotopic (exact) mass is 379 g/mol. The minimum atomic E-state index is -4.48. The zero-order valence-electron chi connectivity index (χ0n) is 11.8. The van der Waals surface area contributed by atoms with Gasteiger partial charge in [0.1, 0.15) is 23.2 Å². The topological polar surface area (TPSA) is 81.2 Å². The Morgan fingerprint density at radius 3 is 2.46 bits per heavy atom. The summed E-state index contributed by atoms with van der Waals surface area (Å²) in [5, 5.41) is 5.88. The van der Waals surface area contributed by atoms with E-state index in [0.29, 0.717) is 5.69 Å². The van der Waals surface area contributed by atoms with E-state index in [9.17, 15) is 22.8 Å². The van der Waals surface area contributed by atoms with E-state index in [1.54, 1.807) is 0 Å². The van der Waals surface area contributed by atoms with Crippen LogP contribution in [0.4, 0.5) is 13.2 Å². The van der Waals surface area contributed by atoms with Crippen molar-refractivity contribution in [2.24, 2.45) is 0 Å². The molecule has 0 aliphatic rings. The maximum atomic E-state index is 12.4. The van der Waals surface area contributed by atoms with Gasteiger partial charge in [-0.15, -0.1) is 5.10 Å². The Bertz CT molecular complexity index is 734. The predicted octanol–water partition coefficient (Wildman–Crippen LogP) is 2.68. The number of carbonyl (C=O) groups excluding carboxylic acids is 2. The molecule has 0 aliphatic heterocycles. The van der Waals surface area contributed by atoms with Crippen LogP contribution in [0.5, 0.6) is 0 Å². The van der Waals surface area contributed by atoms with Crippen LogP contribution in [0.3, 0.4) is 0 Å². The first kappa shape index (κ1) is 18.1. The van der Waals surface area contributed by atoms with Crippen LogP contribution in [-0.4, -0.2) is 28.0 Å². The Balaban J connectivity index is 1.82. The number of hydrogen-bond acceptors (Lipinski definition) is 6. The Hall–Kier alpha value is -2.20. The van der Waals surface area contributed by atoms with Crippen LogP contribution in [0.2, 0.25) is 4.34 Å². The summed E-state index contributed by atoms with van der Waals surface area (Å²) in [6.07, 6.45) is -4.48. The van der Waals surface area contributed by atoms with Gasteiger partial charge in [-0.1, -0.05) is 16.1 Å². The molecule has 11 heteroatoms. The third-order valence-corrected chi connectivity index (χ3v) is 3.73. The lowest BCUT2D eigenvalue weighted by Crippen LogP contribution is -2.30. The van der Waals surface area contributed by atoms with Gasteiger partial charge >= 0.3 is 12.1 Å². The van der Waals surface area contributed by atoms with Gasteiger partial charge in [-0.3, -0.25) is 9.59 Å². The van der Waals surface area contributed by atoms with Crippen LogP contribution >= 0.6 is 23.1 Å². The van der Waals surface area contributed by atoms with E-state index in [2.05, 4.69) is 14.9 Å². The number of carbonyl (C=O) groups is 2. The normalized spacial score (nSPS) is 11.2. The van der Waals surface area contributed by atoms with Gasteiger partial charge in [-0.05, 0) is 24.3 Å². The molecule has 0 atom stereocenters. The maximum absolute atomic E-state index is 12.4. The van der Waals surface area contributed by atoms with Gasteiger partial charge in [-0.25, -0.2) is 0 Å². The third-order valence-electron chi connectivity index (χ3n) is 2.75. The van der Waals surface area contributed by atoms with Crippen molar-refractivity contribution in [3.63, 3.8) is 0 Å². The minimum absolute atomic E-state index is 0.0115. The third kappa shape index (κ3) is 4.90. The Morgan fingerprint density at radius 1 is 1.25 bits per heavy atom. The van der Waals surface area contributed by atoms with Crippen LogP contribution in [0.25, 0.3) is 0 Å². The van der Waals surface area contributed by atoms with Gasteiger partial charge in [0.2, 0.25) is 0 Å². The first-order chi connectivity index (χ1) is 11.3. The number of nitrogens with zero attached hydrogens (tertiary/aromatic N) is 2. The molecule has 128 valence electrons.